The second kappa shape index (κ2) is 10.3. The van der Waals surface area contributed by atoms with Gasteiger partial charge in [0.15, 0.2) is 6.61 Å². The molecule has 0 fully saturated rings. The van der Waals surface area contributed by atoms with Gasteiger partial charge in [0.2, 0.25) is 0 Å². The molecule has 166 valence electrons. The van der Waals surface area contributed by atoms with Crippen molar-refractivity contribution >= 4 is 29.3 Å². The van der Waals surface area contributed by atoms with E-state index in [1.807, 2.05) is 0 Å². The fourth-order valence-electron chi connectivity index (χ4n) is 2.40. The van der Waals surface area contributed by atoms with E-state index in [1.54, 1.807) is 39.0 Å². The number of carbonyl (C=O) groups is 3. The van der Waals surface area contributed by atoms with Crippen LogP contribution in [0.25, 0.3) is 0 Å². The van der Waals surface area contributed by atoms with Gasteiger partial charge in [-0.05, 0) is 45.0 Å². The number of methoxy groups -OCH3 is 2. The number of benzene rings is 2. The fraction of sp³-hybridized carbons (Fsp3) is 0.318. The highest BCUT2D eigenvalue weighted by molar-refractivity contribution is 5.96. The van der Waals surface area contributed by atoms with E-state index in [0.29, 0.717) is 22.9 Å². The minimum atomic E-state index is -0.679. The standard InChI is InChI=1S/C22H26N2O7/c1-22(2,3)31-21(27)24-15-8-6-14(7-9-15)20(26)30-13-19(25)23-16-10-17(28-4)12-18(11-16)29-5/h6-12H,13H2,1-5H3,(H,23,25)(H,24,27). The maximum absolute atomic E-state index is 12.2. The van der Waals surface area contributed by atoms with Gasteiger partial charge in [0.05, 0.1) is 19.8 Å². The van der Waals surface area contributed by atoms with Gasteiger partial charge in [0, 0.05) is 29.6 Å². The topological polar surface area (TPSA) is 112 Å². The minimum Gasteiger partial charge on any atom is -0.497 e. The zero-order chi connectivity index (χ0) is 23.0. The zero-order valence-corrected chi connectivity index (χ0v) is 18.1. The molecule has 2 aromatic rings. The summed E-state index contributed by atoms with van der Waals surface area (Å²) in [5.41, 5.74) is 0.501. The number of rotatable bonds is 7. The first-order valence-corrected chi connectivity index (χ1v) is 9.40. The Kier molecular flexibility index (Phi) is 7.84. The second-order valence-electron chi connectivity index (χ2n) is 7.43. The van der Waals surface area contributed by atoms with E-state index < -0.39 is 30.2 Å². The molecule has 2 amide bonds. The lowest BCUT2D eigenvalue weighted by Crippen LogP contribution is -2.27. The van der Waals surface area contributed by atoms with Crippen LogP contribution < -0.4 is 20.1 Å². The van der Waals surface area contributed by atoms with Crippen molar-refractivity contribution < 1.29 is 33.3 Å². The van der Waals surface area contributed by atoms with Gasteiger partial charge in [-0.3, -0.25) is 10.1 Å². The molecule has 9 heteroatoms. The summed E-state index contributed by atoms with van der Waals surface area (Å²) in [6.45, 7) is 4.79. The van der Waals surface area contributed by atoms with Crippen LogP contribution in [0.5, 0.6) is 11.5 Å². The predicted octanol–water partition coefficient (Wildman–Crippen LogP) is 3.85. The quantitative estimate of drug-likeness (QED) is 0.642. The van der Waals surface area contributed by atoms with Gasteiger partial charge in [-0.25, -0.2) is 9.59 Å². The number of carbonyl (C=O) groups excluding carboxylic acids is 3. The molecular weight excluding hydrogens is 404 g/mol. The van der Waals surface area contributed by atoms with E-state index in [4.69, 9.17) is 18.9 Å². The molecule has 0 aliphatic heterocycles. The highest BCUT2D eigenvalue weighted by atomic mass is 16.6. The highest BCUT2D eigenvalue weighted by Crippen LogP contribution is 2.25. The Morgan fingerprint density at radius 2 is 1.42 bits per heavy atom. The average molecular weight is 430 g/mol. The fourth-order valence-corrected chi connectivity index (χ4v) is 2.40. The number of anilines is 2. The van der Waals surface area contributed by atoms with E-state index in [0.717, 1.165) is 0 Å². The maximum atomic E-state index is 12.2. The molecule has 31 heavy (non-hydrogen) atoms. The predicted molar refractivity (Wildman–Crippen MR) is 115 cm³/mol. The summed E-state index contributed by atoms with van der Waals surface area (Å²) in [5.74, 6) is -0.187. The van der Waals surface area contributed by atoms with Crippen LogP contribution in [-0.2, 0) is 14.3 Å². The number of esters is 1. The van der Waals surface area contributed by atoms with Crippen molar-refractivity contribution in [2.24, 2.45) is 0 Å². The largest absolute Gasteiger partial charge is 0.497 e. The van der Waals surface area contributed by atoms with Crippen molar-refractivity contribution in [2.75, 3.05) is 31.5 Å². The monoisotopic (exact) mass is 430 g/mol. The molecule has 2 N–H and O–H groups in total. The third kappa shape index (κ3) is 7.88. The summed E-state index contributed by atoms with van der Waals surface area (Å²) in [6, 6.07) is 10.9. The summed E-state index contributed by atoms with van der Waals surface area (Å²) in [7, 11) is 2.99. The molecule has 2 rings (SSSR count). The van der Waals surface area contributed by atoms with Gasteiger partial charge in [-0.2, -0.15) is 0 Å². The molecule has 0 atom stereocenters. The van der Waals surface area contributed by atoms with Crippen molar-refractivity contribution in [1.82, 2.24) is 0 Å². The normalized spacial score (nSPS) is 10.6. The number of ether oxygens (including phenoxy) is 4. The van der Waals surface area contributed by atoms with Crippen LogP contribution >= 0.6 is 0 Å². The number of hydrogen-bond acceptors (Lipinski definition) is 7. The van der Waals surface area contributed by atoms with Crippen molar-refractivity contribution in [3.8, 4) is 11.5 Å². The van der Waals surface area contributed by atoms with Gasteiger partial charge in [0.25, 0.3) is 5.91 Å². The van der Waals surface area contributed by atoms with Crippen molar-refractivity contribution in [2.45, 2.75) is 26.4 Å². The smallest absolute Gasteiger partial charge is 0.412 e. The zero-order valence-electron chi connectivity index (χ0n) is 18.1. The van der Waals surface area contributed by atoms with Crippen molar-refractivity contribution in [3.05, 3.63) is 48.0 Å². The maximum Gasteiger partial charge on any atom is 0.412 e. The molecule has 0 bridgehead atoms. The van der Waals surface area contributed by atoms with Crippen LogP contribution in [0.4, 0.5) is 16.2 Å². The van der Waals surface area contributed by atoms with E-state index in [2.05, 4.69) is 10.6 Å². The molecule has 2 aromatic carbocycles. The summed E-state index contributed by atoms with van der Waals surface area (Å²) in [4.78, 5) is 36.0. The number of hydrogen-bond donors (Lipinski definition) is 2. The Morgan fingerprint density at radius 1 is 0.839 bits per heavy atom. The first-order valence-electron chi connectivity index (χ1n) is 9.40. The first-order chi connectivity index (χ1) is 14.6. The molecule has 0 aliphatic rings. The molecule has 0 saturated heterocycles. The average Bonchev–Trinajstić information content (AvgIpc) is 2.70. The third-order valence-corrected chi connectivity index (χ3v) is 3.74. The van der Waals surface area contributed by atoms with Crippen LogP contribution in [0, 0.1) is 0 Å². The van der Waals surface area contributed by atoms with Crippen LogP contribution in [0.15, 0.2) is 42.5 Å². The Hall–Kier alpha value is -3.75. The molecule has 9 nitrogen and oxygen atoms in total. The van der Waals surface area contributed by atoms with Crippen molar-refractivity contribution in [1.29, 1.82) is 0 Å². The molecule has 0 heterocycles. The molecule has 0 radical (unpaired) electrons. The minimum absolute atomic E-state index is 0.227. The van der Waals surface area contributed by atoms with Gasteiger partial charge in [-0.15, -0.1) is 0 Å². The Bertz CT molecular complexity index is 912. The number of amides is 2. The molecule has 0 spiro atoms. The molecule has 0 unspecified atom stereocenters. The highest BCUT2D eigenvalue weighted by Gasteiger charge is 2.16. The van der Waals surface area contributed by atoms with Crippen molar-refractivity contribution in [3.63, 3.8) is 0 Å². The molecule has 0 aromatic heterocycles. The molecule has 0 aliphatic carbocycles. The number of nitrogens with one attached hydrogen (secondary N) is 2. The first kappa shape index (κ1) is 23.5. The van der Waals surface area contributed by atoms with Crippen LogP contribution in [-0.4, -0.2) is 44.4 Å². The van der Waals surface area contributed by atoms with Gasteiger partial charge in [0.1, 0.15) is 17.1 Å². The van der Waals surface area contributed by atoms with Gasteiger partial charge >= 0.3 is 12.1 Å². The van der Waals surface area contributed by atoms with Crippen LogP contribution in [0.2, 0.25) is 0 Å². The summed E-state index contributed by atoms with van der Waals surface area (Å²) in [6.07, 6.45) is -0.603. The Balaban J connectivity index is 1.88. The van der Waals surface area contributed by atoms with Crippen LogP contribution in [0.1, 0.15) is 31.1 Å². The van der Waals surface area contributed by atoms with Gasteiger partial charge in [-0.1, -0.05) is 0 Å². The summed E-state index contributed by atoms with van der Waals surface area (Å²) < 4.78 is 20.5. The van der Waals surface area contributed by atoms with E-state index in [-0.39, 0.29) is 5.56 Å². The third-order valence-electron chi connectivity index (χ3n) is 3.74. The Morgan fingerprint density at radius 3 is 1.94 bits per heavy atom. The Labute approximate surface area is 180 Å². The molecule has 0 saturated carbocycles. The second-order valence-corrected chi connectivity index (χ2v) is 7.43. The van der Waals surface area contributed by atoms with E-state index in [9.17, 15) is 14.4 Å². The SMILES string of the molecule is COc1cc(NC(=O)COC(=O)c2ccc(NC(=O)OC(C)(C)C)cc2)cc(OC)c1. The lowest BCUT2D eigenvalue weighted by molar-refractivity contribution is -0.119. The summed E-state index contributed by atoms with van der Waals surface area (Å²) >= 11 is 0. The lowest BCUT2D eigenvalue weighted by atomic mass is 10.2. The van der Waals surface area contributed by atoms with E-state index in [1.165, 1.54) is 38.5 Å². The molecular formula is C22H26N2O7. The summed E-state index contributed by atoms with van der Waals surface area (Å²) in [5, 5.41) is 5.17. The van der Waals surface area contributed by atoms with Gasteiger partial charge < -0.3 is 24.3 Å². The van der Waals surface area contributed by atoms with Crippen LogP contribution in [0.3, 0.4) is 0 Å². The van der Waals surface area contributed by atoms with E-state index >= 15 is 0 Å². The lowest BCUT2D eigenvalue weighted by Gasteiger charge is -2.19.